The third kappa shape index (κ3) is 3.67. The number of rotatable bonds is 7. The Morgan fingerprint density at radius 2 is 2.23 bits per heavy atom. The van der Waals surface area contributed by atoms with Gasteiger partial charge in [-0.15, -0.1) is 0 Å². The molecule has 1 fully saturated rings. The molecule has 0 bridgehead atoms. The number of likely N-dealkylation sites (N-methyl/N-ethyl adjacent to an activating group) is 1. The summed E-state index contributed by atoms with van der Waals surface area (Å²) in [6, 6.07) is 2.98. The predicted octanol–water partition coefficient (Wildman–Crippen LogP) is 1.50. The molecule has 1 unspecified atom stereocenters. The molecular weight excluding hydrogens is 274 g/mol. The number of nitrogens with zero attached hydrogens (tertiary/aromatic N) is 3. The van der Waals surface area contributed by atoms with Crippen LogP contribution in [-0.4, -0.2) is 65.8 Å². The van der Waals surface area contributed by atoms with Crippen molar-refractivity contribution in [1.29, 1.82) is 0 Å². The summed E-state index contributed by atoms with van der Waals surface area (Å²) in [5.74, 6) is 0. The fraction of sp³-hybridized carbons (Fsp3) is 0.722. The van der Waals surface area contributed by atoms with Crippen molar-refractivity contribution in [2.24, 2.45) is 0 Å². The SMILES string of the molecule is CN(CCO)CCCc1ccnc2c1CC(N1CCC1)CC2. The van der Waals surface area contributed by atoms with Crippen molar-refractivity contribution in [1.82, 2.24) is 14.8 Å². The summed E-state index contributed by atoms with van der Waals surface area (Å²) in [6.07, 6.45) is 9.28. The summed E-state index contributed by atoms with van der Waals surface area (Å²) in [5, 5.41) is 8.97. The van der Waals surface area contributed by atoms with Crippen LogP contribution in [0.4, 0.5) is 0 Å². The molecule has 1 saturated heterocycles. The largest absolute Gasteiger partial charge is 0.395 e. The van der Waals surface area contributed by atoms with E-state index in [1.807, 2.05) is 6.20 Å². The maximum atomic E-state index is 8.97. The Kier molecular flexibility index (Phi) is 5.45. The van der Waals surface area contributed by atoms with Crippen LogP contribution in [0, 0.1) is 0 Å². The lowest BCUT2D eigenvalue weighted by Crippen LogP contribution is -2.47. The Morgan fingerprint density at radius 3 is 2.95 bits per heavy atom. The van der Waals surface area contributed by atoms with Crippen molar-refractivity contribution < 1.29 is 5.11 Å². The lowest BCUT2D eigenvalue weighted by Gasteiger charge is -2.41. The first kappa shape index (κ1) is 15.9. The lowest BCUT2D eigenvalue weighted by molar-refractivity contribution is 0.107. The van der Waals surface area contributed by atoms with E-state index in [1.165, 1.54) is 49.2 Å². The van der Waals surface area contributed by atoms with Gasteiger partial charge in [0.2, 0.25) is 0 Å². The van der Waals surface area contributed by atoms with E-state index in [4.69, 9.17) is 5.11 Å². The van der Waals surface area contributed by atoms with Crippen LogP contribution in [0.3, 0.4) is 0 Å². The molecule has 4 heteroatoms. The van der Waals surface area contributed by atoms with Gasteiger partial charge in [-0.05, 0) is 82.4 Å². The van der Waals surface area contributed by atoms with Crippen LogP contribution in [0.25, 0.3) is 0 Å². The smallest absolute Gasteiger partial charge is 0.0558 e. The molecule has 0 saturated carbocycles. The van der Waals surface area contributed by atoms with Crippen LogP contribution in [0.2, 0.25) is 0 Å². The molecule has 0 radical (unpaired) electrons. The number of likely N-dealkylation sites (tertiary alicyclic amines) is 1. The van der Waals surface area contributed by atoms with Gasteiger partial charge in [-0.1, -0.05) is 0 Å². The van der Waals surface area contributed by atoms with Gasteiger partial charge in [-0.25, -0.2) is 0 Å². The van der Waals surface area contributed by atoms with E-state index in [0.29, 0.717) is 0 Å². The van der Waals surface area contributed by atoms with Gasteiger partial charge in [0.1, 0.15) is 0 Å². The number of aryl methyl sites for hydroxylation is 2. The normalized spacial score (nSPS) is 21.7. The van der Waals surface area contributed by atoms with Gasteiger partial charge in [0, 0.05) is 24.5 Å². The van der Waals surface area contributed by atoms with Crippen molar-refractivity contribution >= 4 is 0 Å². The summed E-state index contributed by atoms with van der Waals surface area (Å²) < 4.78 is 0. The zero-order valence-corrected chi connectivity index (χ0v) is 13.8. The first-order chi connectivity index (χ1) is 10.8. The van der Waals surface area contributed by atoms with E-state index < -0.39 is 0 Å². The van der Waals surface area contributed by atoms with Crippen molar-refractivity contribution in [3.8, 4) is 0 Å². The fourth-order valence-corrected chi connectivity index (χ4v) is 3.76. The van der Waals surface area contributed by atoms with Crippen molar-refractivity contribution in [2.75, 3.05) is 39.8 Å². The highest BCUT2D eigenvalue weighted by Crippen LogP contribution is 2.28. The van der Waals surface area contributed by atoms with Gasteiger partial charge >= 0.3 is 0 Å². The number of fused-ring (bicyclic) bond motifs is 1. The molecule has 4 nitrogen and oxygen atoms in total. The number of aliphatic hydroxyl groups excluding tert-OH is 1. The molecule has 0 spiro atoms. The van der Waals surface area contributed by atoms with E-state index in [0.717, 1.165) is 38.4 Å². The standard InChI is InChI=1S/C18H29N3O/c1-20(12-13-22)9-2-4-15-7-8-19-18-6-5-16(14-17(15)18)21-10-3-11-21/h7-8,16,22H,2-6,9-14H2,1H3. The molecule has 122 valence electrons. The molecule has 1 aliphatic heterocycles. The van der Waals surface area contributed by atoms with E-state index in [-0.39, 0.29) is 6.61 Å². The molecule has 0 amide bonds. The van der Waals surface area contributed by atoms with Gasteiger partial charge in [0.15, 0.2) is 0 Å². The minimum Gasteiger partial charge on any atom is -0.395 e. The second-order valence-electron chi connectivity index (χ2n) is 6.81. The molecular formula is C18H29N3O. The number of pyridine rings is 1. The van der Waals surface area contributed by atoms with Crippen LogP contribution in [-0.2, 0) is 19.3 Å². The molecule has 1 N–H and O–H groups in total. The number of aromatic nitrogens is 1. The molecule has 1 aliphatic carbocycles. The number of hydrogen-bond acceptors (Lipinski definition) is 4. The summed E-state index contributed by atoms with van der Waals surface area (Å²) in [5.41, 5.74) is 4.39. The molecule has 1 aromatic heterocycles. The topological polar surface area (TPSA) is 39.6 Å². The second-order valence-corrected chi connectivity index (χ2v) is 6.81. The Bertz CT molecular complexity index is 487. The highest BCUT2D eigenvalue weighted by molar-refractivity contribution is 5.33. The zero-order valence-electron chi connectivity index (χ0n) is 13.8. The second kappa shape index (κ2) is 7.53. The fourth-order valence-electron chi connectivity index (χ4n) is 3.76. The molecule has 1 atom stereocenters. The quantitative estimate of drug-likeness (QED) is 0.829. The summed E-state index contributed by atoms with van der Waals surface area (Å²) in [7, 11) is 2.08. The van der Waals surface area contributed by atoms with Crippen LogP contribution >= 0.6 is 0 Å². The molecule has 22 heavy (non-hydrogen) atoms. The van der Waals surface area contributed by atoms with Gasteiger partial charge in [-0.3, -0.25) is 9.88 Å². The van der Waals surface area contributed by atoms with E-state index >= 15 is 0 Å². The van der Waals surface area contributed by atoms with Gasteiger partial charge in [-0.2, -0.15) is 0 Å². The number of aliphatic hydroxyl groups is 1. The Morgan fingerprint density at radius 1 is 1.36 bits per heavy atom. The van der Waals surface area contributed by atoms with Gasteiger partial charge in [0.05, 0.1) is 6.61 Å². The van der Waals surface area contributed by atoms with Crippen LogP contribution in [0.5, 0.6) is 0 Å². The monoisotopic (exact) mass is 303 g/mol. The average Bonchev–Trinajstić information content (AvgIpc) is 2.46. The Hall–Kier alpha value is -0.970. The van der Waals surface area contributed by atoms with Crippen molar-refractivity contribution in [2.45, 2.75) is 44.6 Å². The number of hydrogen-bond donors (Lipinski definition) is 1. The summed E-state index contributed by atoms with van der Waals surface area (Å²) in [4.78, 5) is 9.48. The summed E-state index contributed by atoms with van der Waals surface area (Å²) in [6.45, 7) is 4.65. The first-order valence-electron chi connectivity index (χ1n) is 8.77. The molecule has 3 rings (SSSR count). The highest BCUT2D eigenvalue weighted by Gasteiger charge is 2.29. The van der Waals surface area contributed by atoms with E-state index in [9.17, 15) is 0 Å². The Labute approximate surface area is 134 Å². The minimum atomic E-state index is 0.249. The zero-order chi connectivity index (χ0) is 15.4. The van der Waals surface area contributed by atoms with Crippen LogP contribution in [0.1, 0.15) is 36.1 Å². The summed E-state index contributed by atoms with van der Waals surface area (Å²) >= 11 is 0. The van der Waals surface area contributed by atoms with Gasteiger partial charge < -0.3 is 10.0 Å². The lowest BCUT2D eigenvalue weighted by atomic mass is 9.86. The predicted molar refractivity (Wildman–Crippen MR) is 89.1 cm³/mol. The van der Waals surface area contributed by atoms with Crippen molar-refractivity contribution in [3.63, 3.8) is 0 Å². The highest BCUT2D eigenvalue weighted by atomic mass is 16.3. The van der Waals surface area contributed by atoms with E-state index in [1.54, 1.807) is 0 Å². The third-order valence-electron chi connectivity index (χ3n) is 5.27. The maximum Gasteiger partial charge on any atom is 0.0558 e. The van der Waals surface area contributed by atoms with E-state index in [2.05, 4.69) is 27.9 Å². The van der Waals surface area contributed by atoms with Crippen LogP contribution < -0.4 is 0 Å². The average molecular weight is 303 g/mol. The molecule has 1 aromatic rings. The Balaban J connectivity index is 1.60. The maximum absolute atomic E-state index is 8.97. The first-order valence-corrected chi connectivity index (χ1v) is 8.77. The third-order valence-corrected chi connectivity index (χ3v) is 5.27. The molecule has 2 heterocycles. The minimum absolute atomic E-state index is 0.249. The van der Waals surface area contributed by atoms with Crippen LogP contribution in [0.15, 0.2) is 12.3 Å². The van der Waals surface area contributed by atoms with Crippen molar-refractivity contribution in [3.05, 3.63) is 29.1 Å². The van der Waals surface area contributed by atoms with Gasteiger partial charge in [0.25, 0.3) is 0 Å². The molecule has 0 aromatic carbocycles. The molecule has 2 aliphatic rings.